The molecule has 22 heavy (non-hydrogen) atoms. The molecule has 3 aromatic rings. The van der Waals surface area contributed by atoms with Gasteiger partial charge in [-0.05, 0) is 36.8 Å². The quantitative estimate of drug-likeness (QED) is 0.776. The third-order valence-corrected chi connectivity index (χ3v) is 3.86. The summed E-state index contributed by atoms with van der Waals surface area (Å²) in [6, 6.07) is 15.2. The summed E-state index contributed by atoms with van der Waals surface area (Å²) >= 11 is 5.89. The van der Waals surface area contributed by atoms with Crippen LogP contribution in [-0.2, 0) is 6.54 Å². The van der Waals surface area contributed by atoms with Crippen LogP contribution >= 0.6 is 11.6 Å². The molecular weight excluding hydrogens is 298 g/mol. The van der Waals surface area contributed by atoms with Gasteiger partial charge in [-0.15, -0.1) is 0 Å². The van der Waals surface area contributed by atoms with Crippen LogP contribution < -0.4 is 10.9 Å². The minimum Gasteiger partial charge on any atom is -0.309 e. The minimum absolute atomic E-state index is 0.110. The summed E-state index contributed by atoms with van der Waals surface area (Å²) < 4.78 is 0. The zero-order valence-electron chi connectivity index (χ0n) is 12.1. The van der Waals surface area contributed by atoms with E-state index in [0.717, 1.165) is 10.6 Å². The Labute approximate surface area is 133 Å². The first-order chi connectivity index (χ1) is 10.6. The number of rotatable bonds is 4. The van der Waals surface area contributed by atoms with Crippen molar-refractivity contribution in [1.29, 1.82) is 0 Å². The number of nitrogens with one attached hydrogen (secondary N) is 2. The summed E-state index contributed by atoms with van der Waals surface area (Å²) in [6.07, 6.45) is 0. The lowest BCUT2D eigenvalue weighted by molar-refractivity contribution is 0.559. The molecule has 0 saturated heterocycles. The molecule has 1 atom stereocenters. The smallest absolute Gasteiger partial charge is 0.258 e. The highest BCUT2D eigenvalue weighted by molar-refractivity contribution is 6.30. The van der Waals surface area contributed by atoms with Crippen LogP contribution in [0.3, 0.4) is 0 Å². The Bertz CT molecular complexity index is 842. The Morgan fingerprint density at radius 1 is 1.18 bits per heavy atom. The van der Waals surface area contributed by atoms with Gasteiger partial charge in [-0.25, -0.2) is 4.98 Å². The SMILES string of the molecule is C[C@H](NCc1nc2ccccc2c(=O)[nH]1)c1ccc(Cl)cc1. The lowest BCUT2D eigenvalue weighted by atomic mass is 10.1. The van der Waals surface area contributed by atoms with E-state index in [9.17, 15) is 4.79 Å². The first-order valence-electron chi connectivity index (χ1n) is 7.10. The number of para-hydroxylation sites is 1. The molecule has 0 fully saturated rings. The molecule has 0 unspecified atom stereocenters. The molecule has 1 aromatic heterocycles. The zero-order valence-corrected chi connectivity index (χ0v) is 12.9. The van der Waals surface area contributed by atoms with Gasteiger partial charge in [-0.1, -0.05) is 35.9 Å². The molecule has 2 N–H and O–H groups in total. The molecular formula is C17H16ClN3O. The fraction of sp³-hybridized carbons (Fsp3) is 0.176. The summed E-state index contributed by atoms with van der Waals surface area (Å²) in [5.74, 6) is 0.629. The summed E-state index contributed by atoms with van der Waals surface area (Å²) in [7, 11) is 0. The van der Waals surface area contributed by atoms with Crippen molar-refractivity contribution in [3.8, 4) is 0 Å². The number of nitrogens with zero attached hydrogens (tertiary/aromatic N) is 1. The van der Waals surface area contributed by atoms with Crippen molar-refractivity contribution in [2.24, 2.45) is 0 Å². The Balaban J connectivity index is 1.76. The highest BCUT2D eigenvalue weighted by atomic mass is 35.5. The van der Waals surface area contributed by atoms with E-state index in [0.29, 0.717) is 23.3 Å². The third-order valence-electron chi connectivity index (χ3n) is 3.61. The van der Waals surface area contributed by atoms with E-state index < -0.39 is 0 Å². The van der Waals surface area contributed by atoms with E-state index in [1.165, 1.54) is 0 Å². The number of hydrogen-bond donors (Lipinski definition) is 2. The van der Waals surface area contributed by atoms with Crippen LogP contribution in [0.5, 0.6) is 0 Å². The van der Waals surface area contributed by atoms with Gasteiger partial charge in [0.2, 0.25) is 0 Å². The second-order valence-corrected chi connectivity index (χ2v) is 5.62. The largest absolute Gasteiger partial charge is 0.309 e. The van der Waals surface area contributed by atoms with E-state index in [1.54, 1.807) is 6.07 Å². The van der Waals surface area contributed by atoms with Gasteiger partial charge < -0.3 is 10.3 Å². The monoisotopic (exact) mass is 313 g/mol. The summed E-state index contributed by atoms with van der Waals surface area (Å²) in [5.41, 5.74) is 1.73. The Morgan fingerprint density at radius 2 is 1.91 bits per heavy atom. The van der Waals surface area contributed by atoms with Gasteiger partial charge >= 0.3 is 0 Å². The fourth-order valence-electron chi connectivity index (χ4n) is 2.34. The standard InChI is InChI=1S/C17H16ClN3O/c1-11(12-6-8-13(18)9-7-12)19-10-16-20-15-5-3-2-4-14(15)17(22)21-16/h2-9,11,19H,10H2,1H3,(H,20,21,22)/t11-/m0/s1. The number of aromatic nitrogens is 2. The maximum atomic E-state index is 12.0. The maximum Gasteiger partial charge on any atom is 0.258 e. The number of benzene rings is 2. The van der Waals surface area contributed by atoms with Crippen molar-refractivity contribution < 1.29 is 0 Å². The van der Waals surface area contributed by atoms with Crippen LogP contribution in [0.2, 0.25) is 5.02 Å². The lowest BCUT2D eigenvalue weighted by Crippen LogP contribution is -2.22. The van der Waals surface area contributed by atoms with Crippen LogP contribution in [0.4, 0.5) is 0 Å². The lowest BCUT2D eigenvalue weighted by Gasteiger charge is -2.14. The first kappa shape index (κ1) is 14.8. The van der Waals surface area contributed by atoms with Gasteiger partial charge in [0.15, 0.2) is 0 Å². The van der Waals surface area contributed by atoms with Crippen LogP contribution in [-0.4, -0.2) is 9.97 Å². The highest BCUT2D eigenvalue weighted by Gasteiger charge is 2.07. The average Bonchev–Trinajstić information content (AvgIpc) is 2.53. The number of aromatic amines is 1. The van der Waals surface area contributed by atoms with Crippen LogP contribution in [0.1, 0.15) is 24.4 Å². The molecule has 0 saturated carbocycles. The number of H-pyrrole nitrogens is 1. The fourth-order valence-corrected chi connectivity index (χ4v) is 2.46. The van der Waals surface area contributed by atoms with Crippen LogP contribution in [0.15, 0.2) is 53.3 Å². The predicted octanol–water partition coefficient (Wildman–Crippen LogP) is 3.43. The summed E-state index contributed by atoms with van der Waals surface area (Å²) in [6.45, 7) is 2.55. The van der Waals surface area contributed by atoms with E-state index in [4.69, 9.17) is 11.6 Å². The normalized spacial score (nSPS) is 12.5. The molecule has 0 aliphatic heterocycles. The zero-order chi connectivity index (χ0) is 15.5. The van der Waals surface area contributed by atoms with Crippen LogP contribution in [0, 0.1) is 0 Å². The van der Waals surface area contributed by atoms with Gasteiger partial charge in [-0.3, -0.25) is 4.79 Å². The van der Waals surface area contributed by atoms with Crippen molar-refractivity contribution in [2.75, 3.05) is 0 Å². The van der Waals surface area contributed by atoms with E-state index in [-0.39, 0.29) is 11.6 Å². The molecule has 0 spiro atoms. The third kappa shape index (κ3) is 3.18. The molecule has 2 aromatic carbocycles. The van der Waals surface area contributed by atoms with Gasteiger partial charge in [-0.2, -0.15) is 0 Å². The predicted molar refractivity (Wildman–Crippen MR) is 89.1 cm³/mol. The molecule has 3 rings (SSSR count). The Hall–Kier alpha value is -2.17. The van der Waals surface area contributed by atoms with Crippen molar-refractivity contribution in [3.63, 3.8) is 0 Å². The maximum absolute atomic E-state index is 12.0. The molecule has 0 aliphatic rings. The number of halogens is 1. The highest BCUT2D eigenvalue weighted by Crippen LogP contribution is 2.16. The molecule has 5 heteroatoms. The van der Waals surface area contributed by atoms with Gasteiger partial charge in [0, 0.05) is 11.1 Å². The molecule has 1 heterocycles. The summed E-state index contributed by atoms with van der Waals surface area (Å²) in [4.78, 5) is 19.3. The van der Waals surface area contributed by atoms with Gasteiger partial charge in [0.25, 0.3) is 5.56 Å². The molecule has 0 bridgehead atoms. The molecule has 0 amide bonds. The van der Waals surface area contributed by atoms with Crippen LogP contribution in [0.25, 0.3) is 10.9 Å². The topological polar surface area (TPSA) is 57.8 Å². The minimum atomic E-state index is -0.110. The van der Waals surface area contributed by atoms with Crippen molar-refractivity contribution in [1.82, 2.24) is 15.3 Å². The van der Waals surface area contributed by atoms with Gasteiger partial charge in [0.05, 0.1) is 17.4 Å². The number of hydrogen-bond acceptors (Lipinski definition) is 3. The van der Waals surface area contributed by atoms with E-state index in [2.05, 4.69) is 22.2 Å². The van der Waals surface area contributed by atoms with Crippen molar-refractivity contribution >= 4 is 22.5 Å². The molecule has 112 valence electrons. The van der Waals surface area contributed by atoms with E-state index in [1.807, 2.05) is 42.5 Å². The second kappa shape index (κ2) is 6.30. The average molecular weight is 314 g/mol. The molecule has 0 radical (unpaired) electrons. The molecule has 0 aliphatic carbocycles. The Morgan fingerprint density at radius 3 is 2.68 bits per heavy atom. The first-order valence-corrected chi connectivity index (χ1v) is 7.48. The summed E-state index contributed by atoms with van der Waals surface area (Å²) in [5, 5.41) is 4.68. The Kier molecular flexibility index (Phi) is 4.22. The van der Waals surface area contributed by atoms with Crippen molar-refractivity contribution in [2.45, 2.75) is 19.5 Å². The molecule has 4 nitrogen and oxygen atoms in total. The number of fused-ring (bicyclic) bond motifs is 1. The second-order valence-electron chi connectivity index (χ2n) is 5.18. The van der Waals surface area contributed by atoms with Gasteiger partial charge in [0.1, 0.15) is 5.82 Å². The van der Waals surface area contributed by atoms with E-state index >= 15 is 0 Å². The van der Waals surface area contributed by atoms with Crippen molar-refractivity contribution in [3.05, 3.63) is 75.3 Å².